The maximum absolute atomic E-state index is 12.8. The van der Waals surface area contributed by atoms with Crippen LogP contribution in [0.1, 0.15) is 12.8 Å². The summed E-state index contributed by atoms with van der Waals surface area (Å²) in [4.78, 5) is 11.8. The second-order valence-corrected chi connectivity index (χ2v) is 4.47. The highest BCUT2D eigenvalue weighted by Crippen LogP contribution is 2.42. The topological polar surface area (TPSA) is 59.6 Å². The van der Waals surface area contributed by atoms with Crippen molar-refractivity contribution in [1.82, 2.24) is 5.32 Å². The molecule has 0 saturated carbocycles. The first-order valence-electron chi connectivity index (χ1n) is 5.98. The quantitative estimate of drug-likeness (QED) is 0.858. The zero-order chi connectivity index (χ0) is 13.5. The molecule has 1 atom stereocenters. The van der Waals surface area contributed by atoms with Gasteiger partial charge in [0.05, 0.1) is 6.04 Å². The number of alkyl halides is 2. The molecule has 0 bridgehead atoms. The lowest BCUT2D eigenvalue weighted by atomic mass is 10.2. The molecule has 1 amide bonds. The van der Waals surface area contributed by atoms with E-state index in [-0.39, 0.29) is 23.4 Å². The fourth-order valence-electron chi connectivity index (χ4n) is 2.16. The highest BCUT2D eigenvalue weighted by Gasteiger charge is 2.43. The van der Waals surface area contributed by atoms with E-state index in [0.717, 1.165) is 19.4 Å². The molecule has 2 aliphatic heterocycles. The van der Waals surface area contributed by atoms with Gasteiger partial charge < -0.3 is 20.1 Å². The summed E-state index contributed by atoms with van der Waals surface area (Å²) >= 11 is 0. The molecule has 1 aromatic rings. The van der Waals surface area contributed by atoms with Gasteiger partial charge in [0.15, 0.2) is 11.5 Å². The van der Waals surface area contributed by atoms with Crippen LogP contribution in [0, 0.1) is 0 Å². The van der Waals surface area contributed by atoms with Crippen LogP contribution in [0.25, 0.3) is 0 Å². The number of carbonyl (C=O) groups is 1. The Hall–Kier alpha value is -1.89. The van der Waals surface area contributed by atoms with Gasteiger partial charge in [0, 0.05) is 11.8 Å². The van der Waals surface area contributed by atoms with Gasteiger partial charge in [-0.1, -0.05) is 0 Å². The second-order valence-electron chi connectivity index (χ2n) is 4.47. The molecule has 0 radical (unpaired) electrons. The summed E-state index contributed by atoms with van der Waals surface area (Å²) < 4.78 is 34.3. The van der Waals surface area contributed by atoms with Crippen molar-refractivity contribution < 1.29 is 23.0 Å². The van der Waals surface area contributed by atoms with Crippen molar-refractivity contribution in [2.75, 3.05) is 11.9 Å². The molecular formula is C12H12F2N2O3. The minimum atomic E-state index is -3.64. The normalized spacial score (nSPS) is 23.4. The van der Waals surface area contributed by atoms with Crippen LogP contribution in [0.4, 0.5) is 14.5 Å². The SMILES string of the molecule is O=C(Nc1ccc2c(c1)OC(F)(F)O2)[C@H]1CCCN1. The Morgan fingerprint density at radius 2 is 2.16 bits per heavy atom. The smallest absolute Gasteiger partial charge is 0.395 e. The summed E-state index contributed by atoms with van der Waals surface area (Å²) in [5.74, 6) is -0.299. The van der Waals surface area contributed by atoms with Crippen molar-refractivity contribution >= 4 is 11.6 Å². The van der Waals surface area contributed by atoms with E-state index < -0.39 is 6.29 Å². The van der Waals surface area contributed by atoms with Crippen LogP contribution in [-0.2, 0) is 4.79 Å². The summed E-state index contributed by atoms with van der Waals surface area (Å²) in [5.41, 5.74) is 0.402. The molecule has 3 rings (SSSR count). The number of halogens is 2. The number of amides is 1. The van der Waals surface area contributed by atoms with Gasteiger partial charge in [-0.25, -0.2) is 0 Å². The number of carbonyl (C=O) groups excluding carboxylic acids is 1. The maximum atomic E-state index is 12.8. The third kappa shape index (κ3) is 2.46. The monoisotopic (exact) mass is 270 g/mol. The molecule has 1 aromatic carbocycles. The van der Waals surface area contributed by atoms with E-state index in [0.29, 0.717) is 5.69 Å². The standard InChI is InChI=1S/C12H12F2N2O3/c13-12(14)18-9-4-3-7(6-10(9)19-12)16-11(17)8-2-1-5-15-8/h3-4,6,8,15H,1-2,5H2,(H,16,17)/t8-/m1/s1. The number of fused-ring (bicyclic) bond motifs is 1. The Bertz CT molecular complexity index is 516. The second kappa shape index (κ2) is 4.34. The molecule has 1 saturated heterocycles. The number of hydrogen-bond acceptors (Lipinski definition) is 4. The average Bonchev–Trinajstić information content (AvgIpc) is 2.93. The van der Waals surface area contributed by atoms with Gasteiger partial charge in [-0.3, -0.25) is 4.79 Å². The molecule has 2 heterocycles. The number of anilines is 1. The first-order chi connectivity index (χ1) is 9.03. The first-order valence-corrected chi connectivity index (χ1v) is 5.98. The van der Waals surface area contributed by atoms with Gasteiger partial charge in [0.1, 0.15) is 0 Å². The molecule has 1 fully saturated rings. The molecule has 0 aliphatic carbocycles. The number of ether oxygens (including phenoxy) is 2. The maximum Gasteiger partial charge on any atom is 0.586 e. The molecule has 0 spiro atoms. The molecule has 7 heteroatoms. The van der Waals surface area contributed by atoms with E-state index in [1.165, 1.54) is 18.2 Å². The molecule has 2 aliphatic rings. The van der Waals surface area contributed by atoms with Crippen molar-refractivity contribution in [3.8, 4) is 11.5 Å². The van der Waals surface area contributed by atoms with Crippen LogP contribution < -0.4 is 20.1 Å². The Kier molecular flexibility index (Phi) is 2.78. The minimum Gasteiger partial charge on any atom is -0.395 e. The lowest BCUT2D eigenvalue weighted by Gasteiger charge is -2.11. The van der Waals surface area contributed by atoms with Crippen molar-refractivity contribution in [3.63, 3.8) is 0 Å². The number of nitrogens with one attached hydrogen (secondary N) is 2. The van der Waals surface area contributed by atoms with Gasteiger partial charge in [-0.05, 0) is 31.5 Å². The number of hydrogen-bond donors (Lipinski definition) is 2. The minimum absolute atomic E-state index is 0.0398. The Balaban J connectivity index is 1.71. The van der Waals surface area contributed by atoms with Crippen LogP contribution in [0.3, 0.4) is 0 Å². The number of benzene rings is 1. The highest BCUT2D eigenvalue weighted by atomic mass is 19.3. The van der Waals surface area contributed by atoms with Crippen LogP contribution in [0.15, 0.2) is 18.2 Å². The largest absolute Gasteiger partial charge is 0.586 e. The summed E-state index contributed by atoms with van der Waals surface area (Å²) in [6, 6.07) is 3.93. The van der Waals surface area contributed by atoms with E-state index in [2.05, 4.69) is 20.1 Å². The Labute approximate surface area is 107 Å². The van der Waals surface area contributed by atoms with Crippen molar-refractivity contribution in [2.24, 2.45) is 0 Å². The van der Waals surface area contributed by atoms with Gasteiger partial charge >= 0.3 is 6.29 Å². The summed E-state index contributed by atoms with van der Waals surface area (Å²) in [5, 5.41) is 5.71. The zero-order valence-corrected chi connectivity index (χ0v) is 9.91. The summed E-state index contributed by atoms with van der Waals surface area (Å²) in [6.07, 6.45) is -1.92. The lowest BCUT2D eigenvalue weighted by Crippen LogP contribution is -2.35. The van der Waals surface area contributed by atoms with E-state index in [1.54, 1.807) is 0 Å². The van der Waals surface area contributed by atoms with Crippen LogP contribution in [-0.4, -0.2) is 24.8 Å². The van der Waals surface area contributed by atoms with E-state index in [9.17, 15) is 13.6 Å². The summed E-state index contributed by atoms with van der Waals surface area (Å²) in [6.45, 7) is 0.811. The molecule has 0 aromatic heterocycles. The predicted molar refractivity (Wildman–Crippen MR) is 62.3 cm³/mol. The van der Waals surface area contributed by atoms with Crippen molar-refractivity contribution in [3.05, 3.63) is 18.2 Å². The van der Waals surface area contributed by atoms with Crippen LogP contribution >= 0.6 is 0 Å². The molecular weight excluding hydrogens is 258 g/mol. The number of rotatable bonds is 2. The predicted octanol–water partition coefficient (Wildman–Crippen LogP) is 1.70. The van der Waals surface area contributed by atoms with Crippen molar-refractivity contribution in [2.45, 2.75) is 25.2 Å². The van der Waals surface area contributed by atoms with Gasteiger partial charge in [0.25, 0.3) is 0 Å². The van der Waals surface area contributed by atoms with E-state index in [1.807, 2.05) is 0 Å². The fraction of sp³-hybridized carbons (Fsp3) is 0.417. The van der Waals surface area contributed by atoms with E-state index in [4.69, 9.17) is 0 Å². The summed E-state index contributed by atoms with van der Waals surface area (Å²) in [7, 11) is 0. The Morgan fingerprint density at radius 1 is 1.37 bits per heavy atom. The lowest BCUT2D eigenvalue weighted by molar-refractivity contribution is -0.286. The van der Waals surface area contributed by atoms with Gasteiger partial charge in [-0.2, -0.15) is 0 Å². The third-order valence-corrected chi connectivity index (χ3v) is 3.05. The molecule has 5 nitrogen and oxygen atoms in total. The fourth-order valence-corrected chi connectivity index (χ4v) is 2.16. The van der Waals surface area contributed by atoms with Crippen molar-refractivity contribution in [1.29, 1.82) is 0 Å². The highest BCUT2D eigenvalue weighted by molar-refractivity contribution is 5.95. The molecule has 102 valence electrons. The van der Waals surface area contributed by atoms with Gasteiger partial charge in [0.2, 0.25) is 5.91 Å². The third-order valence-electron chi connectivity index (χ3n) is 3.05. The van der Waals surface area contributed by atoms with E-state index >= 15 is 0 Å². The molecule has 2 N–H and O–H groups in total. The van der Waals surface area contributed by atoms with Crippen LogP contribution in [0.5, 0.6) is 11.5 Å². The molecule has 19 heavy (non-hydrogen) atoms. The van der Waals surface area contributed by atoms with Gasteiger partial charge in [-0.15, -0.1) is 8.78 Å². The zero-order valence-electron chi connectivity index (χ0n) is 9.91. The first kappa shape index (κ1) is 12.2. The van der Waals surface area contributed by atoms with Crippen LogP contribution in [0.2, 0.25) is 0 Å². The average molecular weight is 270 g/mol. The molecule has 0 unspecified atom stereocenters. The Morgan fingerprint density at radius 3 is 2.89 bits per heavy atom.